The molecule has 0 aliphatic carbocycles. The first-order chi connectivity index (χ1) is 6.98. The summed E-state index contributed by atoms with van der Waals surface area (Å²) in [4.78, 5) is 0.0263. The predicted octanol–water partition coefficient (Wildman–Crippen LogP) is 2.59. The van der Waals surface area contributed by atoms with Crippen molar-refractivity contribution in [1.82, 2.24) is 0 Å². The number of hydrogen-bond acceptors (Lipinski definition) is 3. The second-order valence-electron chi connectivity index (χ2n) is 3.28. The van der Waals surface area contributed by atoms with Crippen molar-refractivity contribution in [2.24, 2.45) is 0 Å². The molecule has 3 nitrogen and oxygen atoms in total. The maximum Gasteiger partial charge on any atom is 0.261 e. The average molecular weight is 267 g/mol. The van der Waals surface area contributed by atoms with E-state index in [1.54, 1.807) is 0 Å². The lowest BCUT2D eigenvalue weighted by molar-refractivity contribution is 0.288. The molecule has 0 aromatic heterocycles. The highest BCUT2D eigenvalue weighted by atomic mass is 35.7. The maximum absolute atomic E-state index is 11.1. The average Bonchev–Trinajstić information content (AvgIpc) is 2.16. The number of rotatable bonds is 1. The van der Waals surface area contributed by atoms with Gasteiger partial charge in [-0.15, -0.1) is 0 Å². The highest BCUT2D eigenvalue weighted by Gasteiger charge is 2.19. The van der Waals surface area contributed by atoms with E-state index in [0.29, 0.717) is 17.4 Å². The minimum atomic E-state index is -3.73. The smallest absolute Gasteiger partial charge is 0.261 e. The van der Waals surface area contributed by atoms with E-state index >= 15 is 0 Å². The Morgan fingerprint density at radius 2 is 2.07 bits per heavy atom. The van der Waals surface area contributed by atoms with Crippen molar-refractivity contribution in [3.05, 3.63) is 22.7 Å². The minimum Gasteiger partial charge on any atom is -0.492 e. The molecule has 2 rings (SSSR count). The molecule has 1 aromatic rings. The van der Waals surface area contributed by atoms with Crippen molar-refractivity contribution in [1.29, 1.82) is 0 Å². The molecule has 1 aromatic carbocycles. The molecular formula is C9H8Cl2O3S. The van der Waals surface area contributed by atoms with Gasteiger partial charge in [-0.1, -0.05) is 11.6 Å². The minimum absolute atomic E-state index is 0.0263. The molecule has 0 fully saturated rings. The molecule has 6 heteroatoms. The largest absolute Gasteiger partial charge is 0.492 e. The molecule has 0 atom stereocenters. The van der Waals surface area contributed by atoms with Crippen LogP contribution in [0.1, 0.15) is 12.0 Å². The van der Waals surface area contributed by atoms with E-state index in [0.717, 1.165) is 18.4 Å². The van der Waals surface area contributed by atoms with Crippen LogP contribution in [0, 0.1) is 0 Å². The van der Waals surface area contributed by atoms with Crippen molar-refractivity contribution in [3.8, 4) is 5.75 Å². The second kappa shape index (κ2) is 3.85. The van der Waals surface area contributed by atoms with Gasteiger partial charge in [-0.05, 0) is 30.5 Å². The van der Waals surface area contributed by atoms with Gasteiger partial charge < -0.3 is 4.74 Å². The topological polar surface area (TPSA) is 43.4 Å². The molecule has 1 heterocycles. The fourth-order valence-electron chi connectivity index (χ4n) is 1.55. The zero-order valence-corrected chi connectivity index (χ0v) is 9.99. The Morgan fingerprint density at radius 1 is 1.33 bits per heavy atom. The van der Waals surface area contributed by atoms with E-state index in [-0.39, 0.29) is 4.90 Å². The van der Waals surface area contributed by atoms with E-state index in [1.165, 1.54) is 12.1 Å². The molecule has 0 saturated heterocycles. The van der Waals surface area contributed by atoms with Gasteiger partial charge in [0, 0.05) is 10.7 Å². The van der Waals surface area contributed by atoms with Crippen molar-refractivity contribution >= 4 is 31.3 Å². The summed E-state index contributed by atoms with van der Waals surface area (Å²) < 4.78 is 27.6. The molecule has 0 bridgehead atoms. The van der Waals surface area contributed by atoms with Crippen LogP contribution in [0.15, 0.2) is 17.0 Å². The Balaban J connectivity index is 2.60. The van der Waals surface area contributed by atoms with Crippen molar-refractivity contribution in [2.45, 2.75) is 17.7 Å². The van der Waals surface area contributed by atoms with Gasteiger partial charge in [-0.2, -0.15) is 0 Å². The zero-order chi connectivity index (χ0) is 11.1. The van der Waals surface area contributed by atoms with Crippen LogP contribution in [0.25, 0.3) is 0 Å². The Labute approximate surface area is 97.4 Å². The normalized spacial score (nSPS) is 15.6. The van der Waals surface area contributed by atoms with Crippen LogP contribution in [0.5, 0.6) is 5.75 Å². The Hall–Kier alpha value is -0.450. The summed E-state index contributed by atoms with van der Waals surface area (Å²) in [5.74, 6) is 0.576. The standard InChI is InChI=1S/C9H8Cl2O3S/c10-8-5-7(15(11,12)13)4-6-2-1-3-14-9(6)8/h4-5H,1-3H2. The fraction of sp³-hybridized carbons (Fsp3) is 0.333. The third-order valence-electron chi connectivity index (χ3n) is 2.21. The monoisotopic (exact) mass is 266 g/mol. The van der Waals surface area contributed by atoms with Crippen molar-refractivity contribution < 1.29 is 13.2 Å². The number of ether oxygens (including phenoxy) is 1. The Bertz CT molecular complexity index is 496. The van der Waals surface area contributed by atoms with Gasteiger partial charge in [0.2, 0.25) is 0 Å². The summed E-state index contributed by atoms with van der Waals surface area (Å²) >= 11 is 5.91. The summed E-state index contributed by atoms with van der Waals surface area (Å²) in [6.45, 7) is 0.611. The van der Waals surface area contributed by atoms with Crippen molar-refractivity contribution in [3.63, 3.8) is 0 Å². The Kier molecular flexibility index (Phi) is 2.83. The third-order valence-corrected chi connectivity index (χ3v) is 3.83. The highest BCUT2D eigenvalue weighted by Crippen LogP contribution is 2.35. The van der Waals surface area contributed by atoms with Gasteiger partial charge in [0.15, 0.2) is 0 Å². The molecule has 0 unspecified atom stereocenters. The van der Waals surface area contributed by atoms with Gasteiger partial charge in [0.1, 0.15) is 5.75 Å². The molecule has 0 spiro atoms. The lowest BCUT2D eigenvalue weighted by Crippen LogP contribution is -2.09. The molecule has 0 saturated carbocycles. The van der Waals surface area contributed by atoms with Crippen LogP contribution < -0.4 is 4.74 Å². The number of halogens is 2. The van der Waals surface area contributed by atoms with Crippen LogP contribution in [-0.4, -0.2) is 15.0 Å². The molecule has 15 heavy (non-hydrogen) atoms. The first-order valence-electron chi connectivity index (χ1n) is 4.38. The fourth-order valence-corrected chi connectivity index (χ4v) is 2.71. The molecule has 0 N–H and O–H groups in total. The van der Waals surface area contributed by atoms with Gasteiger partial charge in [0.25, 0.3) is 9.05 Å². The molecule has 0 amide bonds. The van der Waals surface area contributed by atoms with E-state index < -0.39 is 9.05 Å². The van der Waals surface area contributed by atoms with E-state index in [4.69, 9.17) is 27.0 Å². The summed E-state index contributed by atoms with van der Waals surface area (Å²) in [5, 5.41) is 0.298. The molecule has 1 aliphatic heterocycles. The summed E-state index contributed by atoms with van der Waals surface area (Å²) in [5.41, 5.74) is 0.799. The zero-order valence-electron chi connectivity index (χ0n) is 7.66. The van der Waals surface area contributed by atoms with Crippen LogP contribution in [0.3, 0.4) is 0 Å². The van der Waals surface area contributed by atoms with Crippen LogP contribution in [0.4, 0.5) is 0 Å². The van der Waals surface area contributed by atoms with E-state index in [2.05, 4.69) is 0 Å². The molecule has 82 valence electrons. The third kappa shape index (κ3) is 2.22. The lowest BCUT2D eigenvalue weighted by Gasteiger charge is -2.18. The first-order valence-corrected chi connectivity index (χ1v) is 7.07. The van der Waals surface area contributed by atoms with Gasteiger partial charge in [0.05, 0.1) is 16.5 Å². The number of aryl methyl sites for hydroxylation is 1. The summed E-state index contributed by atoms with van der Waals surface area (Å²) in [7, 11) is 1.52. The highest BCUT2D eigenvalue weighted by molar-refractivity contribution is 8.13. The van der Waals surface area contributed by atoms with Gasteiger partial charge in [-0.25, -0.2) is 8.42 Å². The second-order valence-corrected chi connectivity index (χ2v) is 6.26. The van der Waals surface area contributed by atoms with Crippen LogP contribution in [-0.2, 0) is 15.5 Å². The number of fused-ring (bicyclic) bond motifs is 1. The summed E-state index contributed by atoms with van der Waals surface area (Å²) in [6, 6.07) is 2.83. The van der Waals surface area contributed by atoms with Crippen LogP contribution in [0.2, 0.25) is 5.02 Å². The van der Waals surface area contributed by atoms with E-state index in [9.17, 15) is 8.42 Å². The van der Waals surface area contributed by atoms with Crippen molar-refractivity contribution in [2.75, 3.05) is 6.61 Å². The SMILES string of the molecule is O=S(=O)(Cl)c1cc(Cl)c2c(c1)CCCO2. The first kappa shape index (κ1) is 11.0. The number of benzene rings is 1. The Morgan fingerprint density at radius 3 is 2.73 bits per heavy atom. The van der Waals surface area contributed by atoms with Gasteiger partial charge >= 0.3 is 0 Å². The maximum atomic E-state index is 11.1. The van der Waals surface area contributed by atoms with Gasteiger partial charge in [-0.3, -0.25) is 0 Å². The van der Waals surface area contributed by atoms with Crippen LogP contribution >= 0.6 is 22.3 Å². The summed E-state index contributed by atoms with van der Waals surface area (Å²) in [6.07, 6.45) is 1.62. The molecule has 0 radical (unpaired) electrons. The molecule has 1 aliphatic rings. The molecular weight excluding hydrogens is 259 g/mol. The van der Waals surface area contributed by atoms with E-state index in [1.807, 2.05) is 0 Å². The lowest BCUT2D eigenvalue weighted by atomic mass is 10.1. The predicted molar refractivity (Wildman–Crippen MR) is 58.3 cm³/mol. The quantitative estimate of drug-likeness (QED) is 0.734. The number of hydrogen-bond donors (Lipinski definition) is 0.